The van der Waals surface area contributed by atoms with Gasteiger partial charge in [-0.15, -0.1) is 26.2 Å². The molecule has 0 fully saturated rings. The van der Waals surface area contributed by atoms with Crippen LogP contribution < -0.4 is 0 Å². The molecular weight excluding hydrogens is 816 g/mol. The summed E-state index contributed by atoms with van der Waals surface area (Å²) in [5.41, 5.74) is 0.249. The van der Waals surface area contributed by atoms with Gasteiger partial charge in [-0.1, -0.05) is 233 Å². The van der Waals surface area contributed by atoms with Crippen LogP contribution in [-0.2, 0) is 18.2 Å². The third kappa shape index (κ3) is 67.3. The molecule has 0 saturated carbocycles. The summed E-state index contributed by atoms with van der Waals surface area (Å²) in [6, 6.07) is 0. The van der Waals surface area contributed by atoms with E-state index in [9.17, 15) is 0 Å². The Labute approximate surface area is 346 Å². The molecule has 0 radical (unpaired) electrons. The Morgan fingerprint density at radius 3 is 0.623 bits per heavy atom. The van der Waals surface area contributed by atoms with Gasteiger partial charge in [0.2, 0.25) is 0 Å². The van der Waals surface area contributed by atoms with Gasteiger partial charge < -0.3 is 10.6 Å². The van der Waals surface area contributed by atoms with Crippen LogP contribution in [0.1, 0.15) is 275 Å². The Hall–Kier alpha value is 0.208. The molecule has 5 heteroatoms. The fraction of sp³-hybridized carbons (Fsp3) is 1.00. The summed E-state index contributed by atoms with van der Waals surface area (Å²) < 4.78 is 9.08. The number of rotatable bonds is 36. The number of hydrogen-bond donors (Lipinski definition) is 0. The van der Waals surface area contributed by atoms with Crippen LogP contribution in [0.15, 0.2) is 6.99 Å². The van der Waals surface area contributed by atoms with Crippen molar-refractivity contribution in [2.75, 3.05) is 26.2 Å². The molecule has 0 atom stereocenters. The van der Waals surface area contributed by atoms with Gasteiger partial charge in [0.25, 0.3) is 0 Å². The molecule has 0 amide bonds. The van der Waals surface area contributed by atoms with E-state index in [1.54, 1.807) is 0 Å². The van der Waals surface area contributed by atoms with Gasteiger partial charge >= 0.3 is 77.8 Å². The van der Waals surface area contributed by atoms with Gasteiger partial charge in [0.05, 0.1) is 0 Å². The average Bonchev–Trinajstić information content (AvgIpc) is 3.10. The fourth-order valence-corrected chi connectivity index (χ4v) is 7.83. The largest absolute Gasteiger partial charge is 0.662 e. The minimum atomic E-state index is -0.780. The molecule has 0 saturated heterocycles. The maximum Gasteiger partial charge on any atom is -0.0533 e. The van der Waals surface area contributed by atoms with E-state index in [1.165, 1.54) is 205 Å². The summed E-state index contributed by atoms with van der Waals surface area (Å²) >= 11 is -0.780. The molecule has 0 rings (SSSR count). The van der Waals surface area contributed by atoms with Crippen LogP contribution in [-0.4, -0.2) is 37.3 Å². The molecule has 0 bridgehead atoms. The number of unbranched alkanes of at least 4 members (excludes halogenated alkanes) is 28. The predicted octanol–water partition coefficient (Wildman–Crippen LogP) is 18.3. The Morgan fingerprint density at radius 1 is 0.283 bits per heavy atom. The Balaban J connectivity index is -0.000000744. The molecule has 0 heterocycles. The molecule has 0 aliphatic heterocycles. The topological polar surface area (TPSA) is 52.9 Å². The van der Waals surface area contributed by atoms with E-state index in [0.29, 0.717) is 0 Å². The van der Waals surface area contributed by atoms with Crippen LogP contribution in [0, 0.1) is 0 Å². The number of hydrogen-bond acceptors (Lipinski definition) is 2. The van der Waals surface area contributed by atoms with E-state index >= 15 is 0 Å². The van der Waals surface area contributed by atoms with Crippen molar-refractivity contribution in [1.82, 2.24) is 0 Å². The van der Waals surface area contributed by atoms with Gasteiger partial charge in [-0.3, -0.25) is 0 Å². The Kier molecular flexibility index (Phi) is 52.5. The maximum atomic E-state index is 4.67. The van der Waals surface area contributed by atoms with Crippen LogP contribution in [0.4, 0.5) is 0 Å². The Morgan fingerprint density at radius 2 is 0.453 bits per heavy atom. The molecule has 0 aromatic carbocycles. The molecule has 0 N–H and O–H groups in total. The first-order chi connectivity index (χ1) is 25.5. The molecule has 322 valence electrons. The maximum absolute atomic E-state index is 4.67. The van der Waals surface area contributed by atoms with Gasteiger partial charge in [0.15, 0.2) is 0 Å². The van der Waals surface area contributed by atoms with Crippen molar-refractivity contribution in [3.63, 3.8) is 0 Å². The first-order valence-electron chi connectivity index (χ1n) is 23.9. The molecule has 0 spiro atoms. The molecule has 0 unspecified atom stereocenters. The molecule has 0 aromatic rings. The van der Waals surface area contributed by atoms with Gasteiger partial charge in [0.1, 0.15) is 0 Å². The van der Waals surface area contributed by atoms with Crippen LogP contribution in [0.2, 0.25) is 0 Å². The summed E-state index contributed by atoms with van der Waals surface area (Å²) in [6.45, 7) is 26.4. The zero-order valence-electron chi connectivity index (χ0n) is 38.7. The van der Waals surface area contributed by atoms with Crippen molar-refractivity contribution in [3.8, 4) is 0 Å². The van der Waals surface area contributed by atoms with Gasteiger partial charge in [-0.2, -0.15) is 0 Å². The summed E-state index contributed by atoms with van der Waals surface area (Å²) in [6.07, 6.45) is 45.1. The second-order valence-corrected chi connectivity index (χ2v) is 19.7. The predicted molar refractivity (Wildman–Crippen MR) is 241 cm³/mol. The smallest absolute Gasteiger partial charge is 0.0533 e. The van der Waals surface area contributed by atoms with Gasteiger partial charge in [-0.05, 0) is 0 Å². The third-order valence-corrected chi connectivity index (χ3v) is 13.8. The molecule has 53 heavy (non-hydrogen) atoms. The quantitative estimate of drug-likeness (QED) is 0.0563. The summed E-state index contributed by atoms with van der Waals surface area (Å²) in [7, 11) is 0. The monoisotopic (exact) mass is 919 g/mol. The van der Waals surface area contributed by atoms with E-state index in [1.807, 2.05) is 0 Å². The molecule has 4 nitrogen and oxygen atoms in total. The third-order valence-electron chi connectivity index (χ3n) is 9.31. The zero-order valence-corrected chi connectivity index (χ0v) is 41.6. The number of nitrogens with zero attached hydrogens (tertiary/aromatic N) is 4. The summed E-state index contributed by atoms with van der Waals surface area (Å²) in [4.78, 5) is 0. The fourth-order valence-electron chi connectivity index (χ4n) is 5.92. The van der Waals surface area contributed by atoms with Crippen molar-refractivity contribution in [1.29, 1.82) is 0 Å². The van der Waals surface area contributed by atoms with Crippen molar-refractivity contribution >= 4 is 0 Å². The molecule has 0 aliphatic rings. The van der Waals surface area contributed by atoms with Crippen molar-refractivity contribution in [3.05, 3.63) is 10.6 Å². The molecule has 0 aliphatic carbocycles. The van der Waals surface area contributed by atoms with Gasteiger partial charge in [0, 0.05) is 0 Å². The first kappa shape index (κ1) is 57.5. The van der Waals surface area contributed by atoms with E-state index in [-0.39, 0.29) is 11.1 Å². The van der Waals surface area contributed by atoms with E-state index < -0.39 is 18.2 Å². The standard InChI is InChI=1S/2C20H42N.2C4H9N.W/c2*1-3-5-7-9-11-13-15-17-19-21-20-18-16-14-12-10-8-6-4-2;2*1-4(2,3)5;/h2*3-20H2,1-2H3;2*1-3H3;/q2*-1;;;. The van der Waals surface area contributed by atoms with Gasteiger partial charge in [-0.25, -0.2) is 0 Å². The van der Waals surface area contributed by atoms with Crippen LogP contribution >= 0.6 is 0 Å². The van der Waals surface area contributed by atoms with Crippen molar-refractivity contribution < 1.29 is 18.2 Å². The van der Waals surface area contributed by atoms with Crippen LogP contribution in [0.5, 0.6) is 0 Å². The summed E-state index contributed by atoms with van der Waals surface area (Å²) in [5, 5.41) is 9.33. The average molecular weight is 919 g/mol. The zero-order chi connectivity index (χ0) is 40.0. The molecule has 0 aromatic heterocycles. The minimum Gasteiger partial charge on any atom is -0.662 e. The van der Waals surface area contributed by atoms with E-state index in [4.69, 9.17) is 0 Å². The van der Waals surface area contributed by atoms with E-state index in [2.05, 4.69) is 86.9 Å². The van der Waals surface area contributed by atoms with Crippen LogP contribution in [0.3, 0.4) is 0 Å². The van der Waals surface area contributed by atoms with Crippen LogP contribution in [0.25, 0.3) is 10.6 Å². The molecular formula is C48H102N4W-2. The normalized spacial score (nSPS) is 11.4. The minimum absolute atomic E-state index is 0.124. The SMILES string of the molecule is CC(C)(C)[N]=[W]=[N]C(C)(C)C.CCCCCCCCCC[N-]CCCCCCCCCC.CCCCCCCCCC[N-]CCCCCCCCCC. The summed E-state index contributed by atoms with van der Waals surface area (Å²) in [5.74, 6) is 0. The van der Waals surface area contributed by atoms with E-state index in [0.717, 1.165) is 26.2 Å². The second-order valence-electron chi connectivity index (χ2n) is 17.8. The van der Waals surface area contributed by atoms with Crippen molar-refractivity contribution in [2.45, 2.75) is 286 Å². The Bertz CT molecular complexity index is 613. The first-order valence-corrected chi connectivity index (χ1v) is 26.5. The second kappa shape index (κ2) is 48.4. The van der Waals surface area contributed by atoms with Crippen molar-refractivity contribution in [2.24, 2.45) is 6.99 Å².